The van der Waals surface area contributed by atoms with Crippen LogP contribution in [0.2, 0.25) is 0 Å². The third kappa shape index (κ3) is 4.79. The quantitative estimate of drug-likeness (QED) is 0.518. The lowest BCUT2D eigenvalue weighted by Gasteiger charge is -2.43. The minimum Gasteiger partial charge on any atom is -0.497 e. The molecule has 0 saturated carbocycles. The van der Waals surface area contributed by atoms with E-state index in [0.717, 1.165) is 17.5 Å². The lowest BCUT2D eigenvalue weighted by atomic mass is 9.89. The molecule has 1 heterocycles. The predicted molar refractivity (Wildman–Crippen MR) is 136 cm³/mol. The van der Waals surface area contributed by atoms with Crippen LogP contribution in [-0.2, 0) is 14.6 Å². The van der Waals surface area contributed by atoms with Crippen molar-refractivity contribution in [1.82, 2.24) is 0 Å². The molecule has 7 nitrogen and oxygen atoms in total. The second-order valence-corrected chi connectivity index (χ2v) is 10.7. The molecule has 8 heteroatoms. The number of benzene rings is 3. The minimum atomic E-state index is -3.35. The summed E-state index contributed by atoms with van der Waals surface area (Å²) in [4.78, 5) is 30.0. The average molecular weight is 493 g/mol. The molecule has 1 aliphatic heterocycles. The van der Waals surface area contributed by atoms with Crippen LogP contribution in [0.15, 0.2) is 77.7 Å². The zero-order chi connectivity index (χ0) is 25.3. The molecule has 0 N–H and O–H groups in total. The van der Waals surface area contributed by atoms with Gasteiger partial charge in [-0.1, -0.05) is 18.2 Å². The maximum Gasteiger partial charge on any atom is 0.258 e. The summed E-state index contributed by atoms with van der Waals surface area (Å²) < 4.78 is 29.0. The Morgan fingerprint density at radius 1 is 0.971 bits per heavy atom. The number of hydrogen-bond acceptors (Lipinski definition) is 5. The third-order valence-corrected chi connectivity index (χ3v) is 7.44. The number of nitrogens with zero attached hydrogens (tertiary/aromatic N) is 2. The van der Waals surface area contributed by atoms with E-state index in [1.165, 1.54) is 19.1 Å². The molecule has 0 aromatic heterocycles. The van der Waals surface area contributed by atoms with Crippen LogP contribution >= 0.6 is 0 Å². The van der Waals surface area contributed by atoms with Crippen molar-refractivity contribution >= 4 is 33.0 Å². The molecule has 0 bridgehead atoms. The highest BCUT2D eigenvalue weighted by Crippen LogP contribution is 2.42. The van der Waals surface area contributed by atoms with E-state index < -0.39 is 9.84 Å². The molecule has 0 radical (unpaired) electrons. The largest absolute Gasteiger partial charge is 0.497 e. The van der Waals surface area contributed by atoms with Gasteiger partial charge in [0.25, 0.3) is 5.91 Å². The number of ether oxygens (including phenoxy) is 1. The highest BCUT2D eigenvalue weighted by atomic mass is 32.2. The normalized spacial score (nSPS) is 17.4. The van der Waals surface area contributed by atoms with Crippen molar-refractivity contribution in [3.8, 4) is 5.75 Å². The molecule has 0 saturated heterocycles. The number of sulfone groups is 1. The van der Waals surface area contributed by atoms with Gasteiger partial charge >= 0.3 is 0 Å². The fourth-order valence-corrected chi connectivity index (χ4v) is 5.27. The Kier molecular flexibility index (Phi) is 6.67. The molecule has 182 valence electrons. The van der Waals surface area contributed by atoms with E-state index in [9.17, 15) is 18.0 Å². The van der Waals surface area contributed by atoms with Crippen molar-refractivity contribution in [3.05, 3.63) is 83.9 Å². The molecule has 2 unspecified atom stereocenters. The first-order chi connectivity index (χ1) is 16.6. The number of para-hydroxylation sites is 1. The van der Waals surface area contributed by atoms with E-state index in [4.69, 9.17) is 4.74 Å². The van der Waals surface area contributed by atoms with Crippen LogP contribution in [0.4, 0.5) is 11.4 Å². The molecule has 2 amide bonds. The van der Waals surface area contributed by atoms with Crippen LogP contribution in [0.5, 0.6) is 5.75 Å². The van der Waals surface area contributed by atoms with E-state index in [0.29, 0.717) is 23.4 Å². The Labute approximate surface area is 205 Å². The van der Waals surface area contributed by atoms with Crippen molar-refractivity contribution in [1.29, 1.82) is 0 Å². The first-order valence-electron chi connectivity index (χ1n) is 11.3. The lowest BCUT2D eigenvalue weighted by molar-refractivity contribution is -0.117. The highest BCUT2D eigenvalue weighted by Gasteiger charge is 2.38. The number of methoxy groups -OCH3 is 1. The standard InChI is InChI=1S/C27H28N2O5S/c1-18-17-26(29(19(2)30)21-11-15-23(16-12-21)35(4,32)33)24-7-5-6-8-25(24)28(18)27(31)20-9-13-22(34-3)14-10-20/h5-16,18,26H,17H2,1-4H3. The molecule has 0 aliphatic carbocycles. The second kappa shape index (κ2) is 9.54. The maximum atomic E-state index is 13.5. The second-order valence-electron chi connectivity index (χ2n) is 8.72. The first kappa shape index (κ1) is 24.5. The number of carbonyl (C=O) groups excluding carboxylic acids is 2. The summed E-state index contributed by atoms with van der Waals surface area (Å²) in [7, 11) is -1.77. The molecular formula is C27H28N2O5S. The molecule has 3 aromatic rings. The van der Waals surface area contributed by atoms with Crippen molar-refractivity contribution in [2.45, 2.75) is 37.2 Å². The van der Waals surface area contributed by atoms with Gasteiger partial charge in [-0.2, -0.15) is 0 Å². The van der Waals surface area contributed by atoms with Gasteiger partial charge in [0.1, 0.15) is 5.75 Å². The molecule has 3 aromatic carbocycles. The van der Waals surface area contributed by atoms with Crippen molar-refractivity contribution < 1.29 is 22.7 Å². The van der Waals surface area contributed by atoms with Gasteiger partial charge in [0.2, 0.25) is 5.91 Å². The van der Waals surface area contributed by atoms with Gasteiger partial charge in [0, 0.05) is 36.2 Å². The van der Waals surface area contributed by atoms with E-state index in [1.807, 2.05) is 31.2 Å². The van der Waals surface area contributed by atoms with Gasteiger partial charge in [-0.05, 0) is 73.5 Å². The van der Waals surface area contributed by atoms with Gasteiger partial charge in [-0.3, -0.25) is 9.59 Å². The Balaban J connectivity index is 1.74. The number of fused-ring (bicyclic) bond motifs is 1. The van der Waals surface area contributed by atoms with Gasteiger partial charge in [0.05, 0.1) is 18.0 Å². The van der Waals surface area contributed by atoms with Crippen LogP contribution in [0.25, 0.3) is 0 Å². The van der Waals surface area contributed by atoms with Gasteiger partial charge < -0.3 is 14.5 Å². The van der Waals surface area contributed by atoms with Crippen LogP contribution in [-0.4, -0.2) is 39.6 Å². The van der Waals surface area contributed by atoms with Crippen molar-refractivity contribution in [2.75, 3.05) is 23.2 Å². The monoisotopic (exact) mass is 492 g/mol. The minimum absolute atomic E-state index is 0.127. The van der Waals surface area contributed by atoms with Crippen LogP contribution in [0, 0.1) is 0 Å². The molecule has 0 spiro atoms. The van der Waals surface area contributed by atoms with Crippen molar-refractivity contribution in [2.24, 2.45) is 0 Å². The Morgan fingerprint density at radius 2 is 1.60 bits per heavy atom. The van der Waals surface area contributed by atoms with Gasteiger partial charge in [-0.15, -0.1) is 0 Å². The Morgan fingerprint density at radius 3 is 2.17 bits per heavy atom. The highest BCUT2D eigenvalue weighted by molar-refractivity contribution is 7.90. The lowest BCUT2D eigenvalue weighted by Crippen LogP contribution is -2.47. The summed E-state index contributed by atoms with van der Waals surface area (Å²) in [6.07, 6.45) is 1.67. The summed E-state index contributed by atoms with van der Waals surface area (Å²) in [5, 5.41) is 0. The summed E-state index contributed by atoms with van der Waals surface area (Å²) in [5.41, 5.74) is 2.75. The summed E-state index contributed by atoms with van der Waals surface area (Å²) >= 11 is 0. The smallest absolute Gasteiger partial charge is 0.258 e. The van der Waals surface area contributed by atoms with E-state index >= 15 is 0 Å². The summed E-state index contributed by atoms with van der Waals surface area (Å²) in [5.74, 6) is 0.379. The molecule has 1 aliphatic rings. The van der Waals surface area contributed by atoms with E-state index in [-0.39, 0.29) is 28.8 Å². The van der Waals surface area contributed by atoms with Gasteiger partial charge in [-0.25, -0.2) is 8.42 Å². The fourth-order valence-electron chi connectivity index (χ4n) is 4.64. The summed E-state index contributed by atoms with van der Waals surface area (Å²) in [6, 6.07) is 20.4. The first-order valence-corrected chi connectivity index (χ1v) is 13.2. The zero-order valence-electron chi connectivity index (χ0n) is 20.1. The molecule has 4 rings (SSSR count). The van der Waals surface area contributed by atoms with Crippen molar-refractivity contribution in [3.63, 3.8) is 0 Å². The third-order valence-electron chi connectivity index (χ3n) is 6.31. The van der Waals surface area contributed by atoms with Gasteiger partial charge in [0.15, 0.2) is 9.84 Å². The number of rotatable bonds is 5. The Bertz CT molecular complexity index is 1350. The molecule has 0 fully saturated rings. The molecule has 35 heavy (non-hydrogen) atoms. The van der Waals surface area contributed by atoms with Crippen LogP contribution in [0.1, 0.15) is 42.2 Å². The predicted octanol–water partition coefficient (Wildman–Crippen LogP) is 4.63. The number of anilines is 2. The van der Waals surface area contributed by atoms with Crippen LogP contribution in [0.3, 0.4) is 0 Å². The fraction of sp³-hybridized carbons (Fsp3) is 0.259. The van der Waals surface area contributed by atoms with E-state index in [2.05, 4.69) is 0 Å². The molecule has 2 atom stereocenters. The maximum absolute atomic E-state index is 13.5. The zero-order valence-corrected chi connectivity index (χ0v) is 21.0. The number of amides is 2. The Hall–Kier alpha value is -3.65. The topological polar surface area (TPSA) is 84.0 Å². The number of carbonyl (C=O) groups is 2. The summed E-state index contributed by atoms with van der Waals surface area (Å²) in [6.45, 7) is 3.46. The molecular weight excluding hydrogens is 464 g/mol. The number of hydrogen-bond donors (Lipinski definition) is 0. The SMILES string of the molecule is COc1ccc(C(=O)N2c3ccccc3C(N(C(C)=O)c3ccc(S(C)(=O)=O)cc3)CC2C)cc1. The average Bonchev–Trinajstić information content (AvgIpc) is 2.83. The van der Waals surface area contributed by atoms with Crippen LogP contribution < -0.4 is 14.5 Å². The van der Waals surface area contributed by atoms with E-state index in [1.54, 1.807) is 53.3 Å².